The van der Waals surface area contributed by atoms with Crippen LogP contribution in [-0.4, -0.2) is 18.3 Å². The molecule has 2 nitrogen and oxygen atoms in total. The quantitative estimate of drug-likeness (QED) is 0.869. The molecule has 0 saturated carbocycles. The van der Waals surface area contributed by atoms with Gasteiger partial charge in [0.1, 0.15) is 5.82 Å². The van der Waals surface area contributed by atoms with Crippen molar-refractivity contribution < 1.29 is 9.50 Å². The number of aryl methyl sites for hydroxylation is 1. The van der Waals surface area contributed by atoms with Crippen molar-refractivity contribution in [2.45, 2.75) is 27.2 Å². The van der Waals surface area contributed by atoms with Gasteiger partial charge in [-0.1, -0.05) is 13.8 Å². The Morgan fingerprint density at radius 3 is 2.65 bits per heavy atom. The fourth-order valence-corrected chi connectivity index (χ4v) is 1.90. The monoisotopic (exact) mass is 303 g/mol. The Kier molecular flexibility index (Phi) is 4.95. The Balaban J connectivity index is 2.79. The van der Waals surface area contributed by atoms with Gasteiger partial charge in [0, 0.05) is 17.6 Å². The van der Waals surface area contributed by atoms with Crippen LogP contribution < -0.4 is 5.32 Å². The van der Waals surface area contributed by atoms with Gasteiger partial charge in [0.25, 0.3) is 0 Å². The van der Waals surface area contributed by atoms with E-state index in [2.05, 4.69) is 21.2 Å². The van der Waals surface area contributed by atoms with Gasteiger partial charge < -0.3 is 10.4 Å². The standard InChI is InChI=1S/C13H19BrFNO/c1-4-13(3,8-17)7-16-12-6-11(15)10(14)5-9(12)2/h5-6,16-17H,4,7-8H2,1-3H3. The molecule has 0 aliphatic heterocycles. The minimum Gasteiger partial charge on any atom is -0.396 e. The molecule has 1 aromatic rings. The van der Waals surface area contributed by atoms with Crippen molar-refractivity contribution in [3.63, 3.8) is 0 Å². The number of benzene rings is 1. The van der Waals surface area contributed by atoms with Crippen molar-refractivity contribution >= 4 is 21.6 Å². The summed E-state index contributed by atoms with van der Waals surface area (Å²) in [5.74, 6) is -0.277. The first-order valence-electron chi connectivity index (χ1n) is 5.72. The van der Waals surface area contributed by atoms with Gasteiger partial charge in [-0.2, -0.15) is 0 Å². The maximum absolute atomic E-state index is 13.4. The lowest BCUT2D eigenvalue weighted by atomic mass is 9.88. The lowest BCUT2D eigenvalue weighted by molar-refractivity contribution is 0.149. The van der Waals surface area contributed by atoms with Crippen LogP contribution in [0.25, 0.3) is 0 Å². The van der Waals surface area contributed by atoms with Gasteiger partial charge in [-0.05, 0) is 47.0 Å². The highest BCUT2D eigenvalue weighted by Gasteiger charge is 2.21. The lowest BCUT2D eigenvalue weighted by Gasteiger charge is -2.27. The molecule has 0 bridgehead atoms. The van der Waals surface area contributed by atoms with E-state index in [1.54, 1.807) is 6.07 Å². The molecule has 0 amide bonds. The van der Waals surface area contributed by atoms with Crippen molar-refractivity contribution in [2.75, 3.05) is 18.5 Å². The van der Waals surface area contributed by atoms with E-state index in [-0.39, 0.29) is 17.8 Å². The third-order valence-corrected chi connectivity index (χ3v) is 3.82. The number of halogens is 2. The van der Waals surface area contributed by atoms with Gasteiger partial charge in [0.05, 0.1) is 11.1 Å². The molecule has 17 heavy (non-hydrogen) atoms. The maximum Gasteiger partial charge on any atom is 0.139 e. The van der Waals surface area contributed by atoms with Gasteiger partial charge in [-0.3, -0.25) is 0 Å². The second-order valence-corrected chi connectivity index (χ2v) is 5.61. The molecule has 0 spiro atoms. The zero-order valence-electron chi connectivity index (χ0n) is 10.5. The molecule has 0 radical (unpaired) electrons. The summed E-state index contributed by atoms with van der Waals surface area (Å²) in [5.41, 5.74) is 1.59. The zero-order chi connectivity index (χ0) is 13.1. The summed E-state index contributed by atoms with van der Waals surface area (Å²) in [7, 11) is 0. The SMILES string of the molecule is CCC(C)(CO)CNc1cc(F)c(Br)cc1C. The van der Waals surface area contributed by atoms with Gasteiger partial charge in [0.2, 0.25) is 0 Å². The second kappa shape index (κ2) is 5.83. The number of aliphatic hydroxyl groups excluding tert-OH is 1. The van der Waals surface area contributed by atoms with Crippen molar-refractivity contribution in [3.8, 4) is 0 Å². The predicted molar refractivity (Wildman–Crippen MR) is 72.8 cm³/mol. The minimum absolute atomic E-state index is 0.120. The molecule has 1 atom stereocenters. The van der Waals surface area contributed by atoms with E-state index in [4.69, 9.17) is 0 Å². The van der Waals surface area contributed by atoms with Crippen LogP contribution in [0, 0.1) is 18.2 Å². The predicted octanol–water partition coefficient (Wildman–Crippen LogP) is 3.72. The third-order valence-electron chi connectivity index (χ3n) is 3.21. The van der Waals surface area contributed by atoms with Crippen molar-refractivity contribution in [2.24, 2.45) is 5.41 Å². The molecule has 2 N–H and O–H groups in total. The van der Waals surface area contributed by atoms with E-state index < -0.39 is 0 Å². The van der Waals surface area contributed by atoms with Crippen LogP contribution in [0.15, 0.2) is 16.6 Å². The molecule has 0 saturated heterocycles. The summed E-state index contributed by atoms with van der Waals surface area (Å²) in [6.07, 6.45) is 0.870. The summed E-state index contributed by atoms with van der Waals surface area (Å²) >= 11 is 3.16. The molecule has 96 valence electrons. The minimum atomic E-state index is -0.277. The molecule has 1 unspecified atom stereocenters. The summed E-state index contributed by atoms with van der Waals surface area (Å²) < 4.78 is 13.9. The molecule has 4 heteroatoms. The molecular weight excluding hydrogens is 285 g/mol. The molecule has 0 fully saturated rings. The van der Waals surface area contributed by atoms with E-state index in [1.807, 2.05) is 20.8 Å². The molecule has 1 rings (SSSR count). The van der Waals surface area contributed by atoms with E-state index in [9.17, 15) is 9.50 Å². The van der Waals surface area contributed by atoms with Crippen LogP contribution in [0.2, 0.25) is 0 Å². The smallest absolute Gasteiger partial charge is 0.139 e. The topological polar surface area (TPSA) is 32.3 Å². The molecule has 0 aliphatic rings. The van der Waals surface area contributed by atoms with Crippen LogP contribution in [0.1, 0.15) is 25.8 Å². The molecule has 0 aromatic heterocycles. The van der Waals surface area contributed by atoms with E-state index in [1.165, 1.54) is 6.07 Å². The third kappa shape index (κ3) is 3.68. The van der Waals surface area contributed by atoms with E-state index in [0.717, 1.165) is 17.7 Å². The summed E-state index contributed by atoms with van der Waals surface area (Å²) in [5, 5.41) is 12.5. The van der Waals surface area contributed by atoms with Crippen molar-refractivity contribution in [1.82, 2.24) is 0 Å². The Morgan fingerprint density at radius 1 is 1.47 bits per heavy atom. The molecule has 0 aliphatic carbocycles. The highest BCUT2D eigenvalue weighted by atomic mass is 79.9. The first kappa shape index (κ1) is 14.5. The number of hydrogen-bond donors (Lipinski definition) is 2. The van der Waals surface area contributed by atoms with Crippen LogP contribution in [0.5, 0.6) is 0 Å². The Labute approximate surface area is 110 Å². The number of rotatable bonds is 5. The Hall–Kier alpha value is -0.610. The average Bonchev–Trinajstić information content (AvgIpc) is 2.32. The van der Waals surface area contributed by atoms with Gasteiger partial charge in [-0.25, -0.2) is 4.39 Å². The average molecular weight is 304 g/mol. The first-order valence-corrected chi connectivity index (χ1v) is 6.51. The number of nitrogens with one attached hydrogen (secondary N) is 1. The van der Waals surface area contributed by atoms with Gasteiger partial charge >= 0.3 is 0 Å². The Morgan fingerprint density at radius 2 is 2.12 bits per heavy atom. The fraction of sp³-hybridized carbons (Fsp3) is 0.538. The Bertz CT molecular complexity index is 391. The normalized spacial score (nSPS) is 14.5. The van der Waals surface area contributed by atoms with Crippen LogP contribution in [0.4, 0.5) is 10.1 Å². The number of anilines is 1. The van der Waals surface area contributed by atoms with E-state index >= 15 is 0 Å². The maximum atomic E-state index is 13.4. The van der Waals surface area contributed by atoms with Gasteiger partial charge in [-0.15, -0.1) is 0 Å². The molecule has 1 aromatic carbocycles. The molecule has 0 heterocycles. The van der Waals surface area contributed by atoms with Gasteiger partial charge in [0.15, 0.2) is 0 Å². The largest absolute Gasteiger partial charge is 0.396 e. The van der Waals surface area contributed by atoms with Crippen LogP contribution in [-0.2, 0) is 0 Å². The highest BCUT2D eigenvalue weighted by molar-refractivity contribution is 9.10. The molecular formula is C13H19BrFNO. The first-order chi connectivity index (χ1) is 7.91. The fourth-order valence-electron chi connectivity index (χ4n) is 1.44. The lowest BCUT2D eigenvalue weighted by Crippen LogP contribution is -2.29. The van der Waals surface area contributed by atoms with Crippen molar-refractivity contribution in [1.29, 1.82) is 0 Å². The zero-order valence-corrected chi connectivity index (χ0v) is 12.1. The summed E-state index contributed by atoms with van der Waals surface area (Å²) in [4.78, 5) is 0. The summed E-state index contributed by atoms with van der Waals surface area (Å²) in [6.45, 7) is 6.71. The van der Waals surface area contributed by atoms with Crippen LogP contribution in [0.3, 0.4) is 0 Å². The summed E-state index contributed by atoms with van der Waals surface area (Å²) in [6, 6.07) is 3.23. The highest BCUT2D eigenvalue weighted by Crippen LogP contribution is 2.26. The van der Waals surface area contributed by atoms with E-state index in [0.29, 0.717) is 11.0 Å². The van der Waals surface area contributed by atoms with Crippen LogP contribution >= 0.6 is 15.9 Å². The second-order valence-electron chi connectivity index (χ2n) is 4.76. The number of hydrogen-bond acceptors (Lipinski definition) is 2. The van der Waals surface area contributed by atoms with Crippen molar-refractivity contribution in [3.05, 3.63) is 28.0 Å². The number of aliphatic hydroxyl groups is 1.